The Morgan fingerprint density at radius 1 is 0.941 bits per heavy atom. The Morgan fingerprint density at radius 2 is 1.53 bits per heavy atom. The first kappa shape index (κ1) is 11.3. The maximum Gasteiger partial charge on any atom is 0.142 e. The molecule has 0 aliphatic rings. The number of hydrogen-bond acceptors (Lipinski definition) is 3. The average molecular weight is 228 g/mol. The number of nitrogens with zero attached hydrogens (tertiary/aromatic N) is 1. The van der Waals surface area contributed by atoms with Crippen LogP contribution in [-0.2, 0) is 0 Å². The molecule has 0 radical (unpaired) electrons. The summed E-state index contributed by atoms with van der Waals surface area (Å²) >= 11 is 0. The van der Waals surface area contributed by atoms with Crippen LogP contribution in [-0.4, -0.2) is 14.2 Å². The van der Waals surface area contributed by atoms with Gasteiger partial charge in [-0.2, -0.15) is 0 Å². The van der Waals surface area contributed by atoms with E-state index in [9.17, 15) is 0 Å². The van der Waals surface area contributed by atoms with Crippen molar-refractivity contribution in [2.24, 2.45) is 0 Å². The summed E-state index contributed by atoms with van der Waals surface area (Å²) in [5.41, 5.74) is 8.68. The van der Waals surface area contributed by atoms with Gasteiger partial charge in [0.15, 0.2) is 0 Å². The van der Waals surface area contributed by atoms with Gasteiger partial charge in [-0.1, -0.05) is 24.3 Å². The standard InChI is InChI=1S/C14H16N2O/c1-16(12-8-4-3-7-11(12)15)13-9-5-6-10-14(13)17-2/h3-10H,15H2,1-2H3. The fraction of sp³-hybridized carbons (Fsp3) is 0.143. The molecule has 2 aromatic carbocycles. The molecule has 2 aromatic rings. The Balaban J connectivity index is 2.44. The van der Waals surface area contributed by atoms with Gasteiger partial charge in [0.2, 0.25) is 0 Å². The van der Waals surface area contributed by atoms with Gasteiger partial charge in [-0.25, -0.2) is 0 Å². The number of benzene rings is 2. The zero-order chi connectivity index (χ0) is 12.3. The van der Waals surface area contributed by atoms with E-state index >= 15 is 0 Å². The molecule has 0 atom stereocenters. The summed E-state index contributed by atoms with van der Waals surface area (Å²) in [6.07, 6.45) is 0. The first-order valence-electron chi connectivity index (χ1n) is 5.45. The molecule has 0 amide bonds. The predicted molar refractivity (Wildman–Crippen MR) is 71.9 cm³/mol. The van der Waals surface area contributed by atoms with E-state index in [1.165, 1.54) is 0 Å². The number of ether oxygens (including phenoxy) is 1. The lowest BCUT2D eigenvalue weighted by molar-refractivity contribution is 0.415. The summed E-state index contributed by atoms with van der Waals surface area (Å²) in [6.45, 7) is 0. The molecule has 0 aromatic heterocycles. The van der Waals surface area contributed by atoms with Crippen LogP contribution in [0.5, 0.6) is 5.75 Å². The Bertz CT molecular complexity index is 511. The molecule has 3 nitrogen and oxygen atoms in total. The highest BCUT2D eigenvalue weighted by molar-refractivity contribution is 5.76. The van der Waals surface area contributed by atoms with E-state index in [4.69, 9.17) is 10.5 Å². The van der Waals surface area contributed by atoms with E-state index in [0.717, 1.165) is 22.8 Å². The summed E-state index contributed by atoms with van der Waals surface area (Å²) in [7, 11) is 3.64. The summed E-state index contributed by atoms with van der Waals surface area (Å²) in [5, 5.41) is 0. The molecule has 0 heterocycles. The highest BCUT2D eigenvalue weighted by Crippen LogP contribution is 2.34. The quantitative estimate of drug-likeness (QED) is 0.820. The van der Waals surface area contributed by atoms with Crippen molar-refractivity contribution in [1.29, 1.82) is 0 Å². The molecule has 0 aliphatic heterocycles. The van der Waals surface area contributed by atoms with E-state index in [2.05, 4.69) is 0 Å². The van der Waals surface area contributed by atoms with Gasteiger partial charge in [-0.05, 0) is 24.3 Å². The molecule has 0 saturated carbocycles. The summed E-state index contributed by atoms with van der Waals surface area (Å²) in [6, 6.07) is 15.6. The lowest BCUT2D eigenvalue weighted by atomic mass is 10.2. The number of hydrogen-bond donors (Lipinski definition) is 1. The minimum atomic E-state index is 0.751. The van der Waals surface area contributed by atoms with Crippen molar-refractivity contribution in [3.8, 4) is 5.75 Å². The Kier molecular flexibility index (Phi) is 3.19. The molecule has 0 bridgehead atoms. The molecular weight excluding hydrogens is 212 g/mol. The van der Waals surface area contributed by atoms with Gasteiger partial charge in [0.25, 0.3) is 0 Å². The lowest BCUT2D eigenvalue weighted by Crippen LogP contribution is -2.12. The van der Waals surface area contributed by atoms with Gasteiger partial charge in [-0.3, -0.25) is 0 Å². The normalized spacial score (nSPS) is 10.0. The zero-order valence-corrected chi connectivity index (χ0v) is 10.1. The number of nitrogens with two attached hydrogens (primary N) is 1. The van der Waals surface area contributed by atoms with E-state index in [1.54, 1.807) is 7.11 Å². The molecule has 0 aliphatic carbocycles. The van der Waals surface area contributed by atoms with Gasteiger partial charge in [-0.15, -0.1) is 0 Å². The number of nitrogen functional groups attached to an aromatic ring is 1. The number of rotatable bonds is 3. The Morgan fingerprint density at radius 3 is 2.18 bits per heavy atom. The van der Waals surface area contributed by atoms with E-state index in [1.807, 2.05) is 60.5 Å². The SMILES string of the molecule is COc1ccccc1N(C)c1ccccc1N. The van der Waals surface area contributed by atoms with Crippen molar-refractivity contribution < 1.29 is 4.74 Å². The second-order valence-electron chi connectivity index (χ2n) is 3.79. The van der Waals surface area contributed by atoms with Crippen LogP contribution >= 0.6 is 0 Å². The van der Waals surface area contributed by atoms with Crippen LogP contribution in [0.15, 0.2) is 48.5 Å². The van der Waals surface area contributed by atoms with Crippen molar-refractivity contribution >= 4 is 17.1 Å². The van der Waals surface area contributed by atoms with E-state index < -0.39 is 0 Å². The minimum Gasteiger partial charge on any atom is -0.495 e. The lowest BCUT2D eigenvalue weighted by Gasteiger charge is -2.23. The van der Waals surface area contributed by atoms with Crippen LogP contribution in [0.1, 0.15) is 0 Å². The van der Waals surface area contributed by atoms with Crippen LogP contribution in [0.3, 0.4) is 0 Å². The summed E-state index contributed by atoms with van der Waals surface area (Å²) < 4.78 is 5.35. The van der Waals surface area contributed by atoms with Crippen LogP contribution in [0.2, 0.25) is 0 Å². The van der Waals surface area contributed by atoms with Crippen LogP contribution in [0.4, 0.5) is 17.1 Å². The average Bonchev–Trinajstić information content (AvgIpc) is 2.38. The highest BCUT2D eigenvalue weighted by atomic mass is 16.5. The van der Waals surface area contributed by atoms with Gasteiger partial charge in [0, 0.05) is 7.05 Å². The molecule has 0 spiro atoms. The summed E-state index contributed by atoms with van der Waals surface area (Å²) in [5.74, 6) is 0.832. The zero-order valence-electron chi connectivity index (χ0n) is 10.1. The maximum absolute atomic E-state index is 5.97. The van der Waals surface area contributed by atoms with E-state index in [0.29, 0.717) is 0 Å². The Labute approximate surface area is 101 Å². The van der Waals surface area contributed by atoms with Crippen LogP contribution in [0.25, 0.3) is 0 Å². The third-order valence-electron chi connectivity index (χ3n) is 2.74. The van der Waals surface area contributed by atoms with Gasteiger partial charge < -0.3 is 15.4 Å². The largest absolute Gasteiger partial charge is 0.495 e. The molecule has 0 unspecified atom stereocenters. The molecule has 3 heteroatoms. The maximum atomic E-state index is 5.97. The topological polar surface area (TPSA) is 38.5 Å². The first-order valence-corrected chi connectivity index (χ1v) is 5.45. The van der Waals surface area contributed by atoms with Gasteiger partial charge in [0.05, 0.1) is 24.2 Å². The molecule has 88 valence electrons. The van der Waals surface area contributed by atoms with Gasteiger partial charge in [0.1, 0.15) is 5.75 Å². The fourth-order valence-corrected chi connectivity index (χ4v) is 1.83. The van der Waals surface area contributed by atoms with E-state index in [-0.39, 0.29) is 0 Å². The molecule has 17 heavy (non-hydrogen) atoms. The third-order valence-corrected chi connectivity index (χ3v) is 2.74. The van der Waals surface area contributed by atoms with Crippen molar-refractivity contribution in [3.05, 3.63) is 48.5 Å². The number of methoxy groups -OCH3 is 1. The van der Waals surface area contributed by atoms with Crippen molar-refractivity contribution in [2.45, 2.75) is 0 Å². The molecule has 2 rings (SSSR count). The fourth-order valence-electron chi connectivity index (χ4n) is 1.83. The molecular formula is C14H16N2O. The van der Waals surface area contributed by atoms with Gasteiger partial charge >= 0.3 is 0 Å². The molecule has 2 N–H and O–H groups in total. The number of para-hydroxylation sites is 4. The predicted octanol–water partition coefficient (Wildman–Crippen LogP) is 3.05. The monoisotopic (exact) mass is 228 g/mol. The smallest absolute Gasteiger partial charge is 0.142 e. The van der Waals surface area contributed by atoms with Crippen LogP contribution < -0.4 is 15.4 Å². The molecule has 0 fully saturated rings. The Hall–Kier alpha value is -2.16. The van der Waals surface area contributed by atoms with Crippen molar-refractivity contribution in [3.63, 3.8) is 0 Å². The third kappa shape index (κ3) is 2.18. The molecule has 0 saturated heterocycles. The minimum absolute atomic E-state index is 0.751. The van der Waals surface area contributed by atoms with Crippen molar-refractivity contribution in [1.82, 2.24) is 0 Å². The first-order chi connectivity index (χ1) is 8.24. The van der Waals surface area contributed by atoms with Crippen LogP contribution in [0, 0.1) is 0 Å². The second-order valence-corrected chi connectivity index (χ2v) is 3.79. The second kappa shape index (κ2) is 4.78. The summed E-state index contributed by atoms with van der Waals surface area (Å²) in [4.78, 5) is 2.02. The van der Waals surface area contributed by atoms with Crippen molar-refractivity contribution in [2.75, 3.05) is 24.8 Å². The number of anilines is 3. The highest BCUT2D eigenvalue weighted by Gasteiger charge is 2.10.